The van der Waals surface area contributed by atoms with Gasteiger partial charge in [0.05, 0.1) is 6.17 Å². The average Bonchev–Trinajstić information content (AvgIpc) is 3.36. The van der Waals surface area contributed by atoms with Gasteiger partial charge < -0.3 is 20.7 Å². The second-order valence-electron chi connectivity index (χ2n) is 8.28. The first-order valence-electron chi connectivity index (χ1n) is 10.1. The number of ether oxygens (including phenoxy) is 1. The van der Waals surface area contributed by atoms with Crippen molar-refractivity contribution in [3.63, 3.8) is 0 Å². The summed E-state index contributed by atoms with van der Waals surface area (Å²) in [5, 5.41) is 9.08. The molecule has 2 heterocycles. The van der Waals surface area contributed by atoms with E-state index in [1.54, 1.807) is 0 Å². The van der Waals surface area contributed by atoms with Gasteiger partial charge in [0.15, 0.2) is 0 Å². The molecule has 0 aromatic heterocycles. The predicted octanol–water partition coefficient (Wildman–Crippen LogP) is 1.84. The Bertz CT molecular complexity index is 753. The van der Waals surface area contributed by atoms with Gasteiger partial charge in [0.1, 0.15) is 6.10 Å². The molecule has 1 aliphatic carbocycles. The predicted molar refractivity (Wildman–Crippen MR) is 106 cm³/mol. The van der Waals surface area contributed by atoms with Crippen molar-refractivity contribution in [2.24, 2.45) is 5.92 Å². The largest absolute Gasteiger partial charge is 0.446 e. The van der Waals surface area contributed by atoms with Crippen LogP contribution in [0.15, 0.2) is 18.2 Å². The topological polar surface area (TPSA) is 104 Å². The number of anilines is 1. The van der Waals surface area contributed by atoms with Crippen LogP contribution in [0.2, 0.25) is 0 Å². The quantitative estimate of drug-likeness (QED) is 0.528. The van der Waals surface area contributed by atoms with E-state index in [1.165, 1.54) is 0 Å². The number of carbonyl (C=O) groups excluding carboxylic acids is 2. The Morgan fingerprint density at radius 3 is 2.89 bits per heavy atom. The number of alkyl carbamates (subject to hydrolysis) is 1. The lowest BCUT2D eigenvalue weighted by Crippen LogP contribution is -2.39. The van der Waals surface area contributed by atoms with Crippen LogP contribution in [-0.2, 0) is 11.3 Å². The summed E-state index contributed by atoms with van der Waals surface area (Å²) in [5.74, 6) is 0.467. The first kappa shape index (κ1) is 19.0. The number of rotatable bonds is 5. The van der Waals surface area contributed by atoms with Crippen molar-refractivity contribution in [2.75, 3.05) is 5.32 Å². The summed E-state index contributed by atoms with van der Waals surface area (Å²) in [5.41, 5.74) is 9.44. The van der Waals surface area contributed by atoms with Crippen LogP contribution < -0.4 is 26.8 Å². The molecule has 3 aliphatic rings. The number of hydrogen-bond acceptors (Lipinski definition) is 6. The highest BCUT2D eigenvalue weighted by Gasteiger charge is 2.37. The summed E-state index contributed by atoms with van der Waals surface area (Å²) < 4.78 is 5.54. The molecule has 8 nitrogen and oxygen atoms in total. The Labute approximate surface area is 165 Å². The maximum atomic E-state index is 11.8. The van der Waals surface area contributed by atoms with E-state index in [4.69, 9.17) is 4.74 Å². The molecule has 4 rings (SSSR count). The van der Waals surface area contributed by atoms with Crippen molar-refractivity contribution < 1.29 is 14.3 Å². The Morgan fingerprint density at radius 2 is 2.07 bits per heavy atom. The zero-order chi connectivity index (χ0) is 19.7. The monoisotopic (exact) mass is 387 g/mol. The van der Waals surface area contributed by atoms with Crippen molar-refractivity contribution in [1.82, 2.24) is 21.5 Å². The third kappa shape index (κ3) is 4.23. The van der Waals surface area contributed by atoms with Gasteiger partial charge in [0.2, 0.25) is 0 Å². The molecule has 2 aliphatic heterocycles. The van der Waals surface area contributed by atoms with Gasteiger partial charge in [-0.15, -0.1) is 0 Å². The minimum Gasteiger partial charge on any atom is -0.446 e. The fourth-order valence-electron chi connectivity index (χ4n) is 4.36. The molecule has 152 valence electrons. The highest BCUT2D eigenvalue weighted by atomic mass is 16.6. The third-order valence-electron chi connectivity index (χ3n) is 5.74. The molecular formula is C20H29N5O3. The molecule has 2 unspecified atom stereocenters. The van der Waals surface area contributed by atoms with Crippen molar-refractivity contribution in [3.8, 4) is 0 Å². The van der Waals surface area contributed by atoms with Crippen LogP contribution in [0.3, 0.4) is 0 Å². The van der Waals surface area contributed by atoms with E-state index in [-0.39, 0.29) is 30.3 Å². The number of hydrogen-bond donors (Lipinski definition) is 5. The number of benzene rings is 1. The van der Waals surface area contributed by atoms with Gasteiger partial charge in [-0.3, -0.25) is 10.2 Å². The smallest absolute Gasteiger partial charge is 0.407 e. The van der Waals surface area contributed by atoms with Crippen LogP contribution in [0.4, 0.5) is 10.5 Å². The molecule has 2 fully saturated rings. The zero-order valence-corrected chi connectivity index (χ0v) is 16.4. The Balaban J connectivity index is 1.26. The lowest BCUT2D eigenvalue weighted by atomic mass is 9.96. The van der Waals surface area contributed by atoms with E-state index in [1.807, 2.05) is 32.0 Å². The number of amides is 2. The van der Waals surface area contributed by atoms with E-state index in [0.717, 1.165) is 42.5 Å². The summed E-state index contributed by atoms with van der Waals surface area (Å²) in [6, 6.07) is 6.34. The molecule has 1 aromatic carbocycles. The average molecular weight is 387 g/mol. The van der Waals surface area contributed by atoms with Crippen molar-refractivity contribution in [2.45, 2.75) is 70.4 Å². The standard InChI is InChI=1S/C20H29N5O3/c1-11(2)22-20(27)28-15-6-4-12(7-15)17-9-18(25-24-17)23-14-5-3-13-10-21-19(26)16(13)8-14/h3,5,8,11-12,15,17-18,23-25H,4,6-7,9-10H2,1-2H3,(H,21,26)(H,22,27)/t12-,15+,17?,18?/m0/s1. The Kier molecular flexibility index (Phi) is 5.41. The first-order chi connectivity index (χ1) is 13.5. The molecule has 8 heteroatoms. The fraction of sp³-hybridized carbons (Fsp3) is 0.600. The van der Waals surface area contributed by atoms with Gasteiger partial charge in [-0.1, -0.05) is 6.07 Å². The summed E-state index contributed by atoms with van der Waals surface area (Å²) in [7, 11) is 0. The molecular weight excluding hydrogens is 358 g/mol. The van der Waals surface area contributed by atoms with Gasteiger partial charge in [-0.25, -0.2) is 10.2 Å². The molecule has 1 aromatic rings. The van der Waals surface area contributed by atoms with Crippen molar-refractivity contribution >= 4 is 17.7 Å². The van der Waals surface area contributed by atoms with E-state index >= 15 is 0 Å². The van der Waals surface area contributed by atoms with E-state index in [9.17, 15) is 9.59 Å². The first-order valence-corrected chi connectivity index (χ1v) is 10.1. The molecule has 4 atom stereocenters. The molecule has 5 N–H and O–H groups in total. The SMILES string of the molecule is CC(C)NC(=O)O[C@@H]1CC[C@H](C2CC(Nc3ccc4c(c3)C(=O)NC4)NN2)C1. The molecule has 0 radical (unpaired) electrons. The van der Waals surface area contributed by atoms with Gasteiger partial charge in [-0.05, 0) is 63.1 Å². The normalized spacial score (nSPS) is 28.9. The van der Waals surface area contributed by atoms with Gasteiger partial charge in [-0.2, -0.15) is 0 Å². The van der Waals surface area contributed by atoms with Gasteiger partial charge in [0, 0.05) is 29.9 Å². The molecule has 0 bridgehead atoms. The van der Waals surface area contributed by atoms with Crippen LogP contribution in [0.1, 0.15) is 55.5 Å². The molecule has 2 amide bonds. The van der Waals surface area contributed by atoms with Crippen molar-refractivity contribution in [1.29, 1.82) is 0 Å². The highest BCUT2D eigenvalue weighted by molar-refractivity contribution is 5.99. The molecule has 1 saturated heterocycles. The Morgan fingerprint density at radius 1 is 1.21 bits per heavy atom. The minimum absolute atomic E-state index is 0.00668. The fourth-order valence-corrected chi connectivity index (χ4v) is 4.36. The molecule has 28 heavy (non-hydrogen) atoms. The van der Waals surface area contributed by atoms with Crippen LogP contribution in [0.5, 0.6) is 0 Å². The number of hydrazine groups is 1. The van der Waals surface area contributed by atoms with Gasteiger partial charge in [0.25, 0.3) is 5.91 Å². The minimum atomic E-state index is -0.321. The van der Waals surface area contributed by atoms with Crippen LogP contribution in [-0.4, -0.2) is 36.4 Å². The molecule has 0 spiro atoms. The lowest BCUT2D eigenvalue weighted by Gasteiger charge is -2.19. The zero-order valence-electron chi connectivity index (χ0n) is 16.4. The second-order valence-corrected chi connectivity index (χ2v) is 8.28. The van der Waals surface area contributed by atoms with Crippen molar-refractivity contribution in [3.05, 3.63) is 29.3 Å². The van der Waals surface area contributed by atoms with Crippen LogP contribution in [0, 0.1) is 5.92 Å². The summed E-state index contributed by atoms with van der Waals surface area (Å²) in [6.45, 7) is 4.46. The van der Waals surface area contributed by atoms with Crippen LogP contribution >= 0.6 is 0 Å². The van der Waals surface area contributed by atoms with Crippen LogP contribution in [0.25, 0.3) is 0 Å². The number of carbonyl (C=O) groups is 2. The highest BCUT2D eigenvalue weighted by Crippen LogP contribution is 2.33. The van der Waals surface area contributed by atoms with E-state index in [0.29, 0.717) is 18.5 Å². The maximum absolute atomic E-state index is 11.8. The number of fused-ring (bicyclic) bond motifs is 1. The number of nitrogens with one attached hydrogen (secondary N) is 5. The van der Waals surface area contributed by atoms with Gasteiger partial charge >= 0.3 is 6.09 Å². The maximum Gasteiger partial charge on any atom is 0.407 e. The summed E-state index contributed by atoms with van der Waals surface area (Å²) in [4.78, 5) is 23.6. The lowest BCUT2D eigenvalue weighted by molar-refractivity contribution is 0.0951. The summed E-state index contributed by atoms with van der Waals surface area (Å²) >= 11 is 0. The summed E-state index contributed by atoms with van der Waals surface area (Å²) in [6.07, 6.45) is 3.54. The Hall–Kier alpha value is -2.32. The third-order valence-corrected chi connectivity index (χ3v) is 5.74. The van der Waals surface area contributed by atoms with E-state index < -0.39 is 0 Å². The molecule has 1 saturated carbocycles. The second kappa shape index (κ2) is 7.97. The van der Waals surface area contributed by atoms with E-state index in [2.05, 4.69) is 26.8 Å².